The van der Waals surface area contributed by atoms with Crippen LogP contribution in [0, 0.1) is 18.6 Å². The highest BCUT2D eigenvalue weighted by atomic mass is 32.2. The number of nitrogens with zero attached hydrogens (tertiary/aromatic N) is 1. The normalized spacial score (nSPS) is 11.6. The van der Waals surface area contributed by atoms with Crippen LogP contribution >= 0.6 is 0 Å². The third-order valence-electron chi connectivity index (χ3n) is 5.95. The average Bonchev–Trinajstić information content (AvgIpc) is 3.12. The summed E-state index contributed by atoms with van der Waals surface area (Å²) in [4.78, 5) is 12.2. The van der Waals surface area contributed by atoms with Crippen LogP contribution in [0.3, 0.4) is 0 Å². The van der Waals surface area contributed by atoms with Crippen LogP contribution in [0.5, 0.6) is 0 Å². The van der Waals surface area contributed by atoms with Gasteiger partial charge in [0.05, 0.1) is 5.56 Å². The van der Waals surface area contributed by atoms with E-state index in [1.807, 2.05) is 0 Å². The standard InChI is InChI=1S/C27H23F2NO4S/c1-4-20-22(29)15-14-21(27(31)32)25(20)23-16(2)30(19-12-10-18(28)11-13-19)26(35(3,33)34)24(23)17-8-6-5-7-9-17/h5-15H,4H2,1-3H3,(H,31,32). The lowest BCUT2D eigenvalue weighted by molar-refractivity contribution is 0.0697. The molecule has 0 amide bonds. The minimum Gasteiger partial charge on any atom is -0.478 e. The van der Waals surface area contributed by atoms with E-state index in [0.717, 1.165) is 12.3 Å². The first-order valence-electron chi connectivity index (χ1n) is 10.9. The molecule has 0 fully saturated rings. The fraction of sp³-hybridized carbons (Fsp3) is 0.148. The summed E-state index contributed by atoms with van der Waals surface area (Å²) in [5, 5.41) is 9.89. The number of sulfone groups is 1. The highest BCUT2D eigenvalue weighted by molar-refractivity contribution is 7.90. The number of carboxylic acids is 1. The molecule has 0 aliphatic heterocycles. The predicted molar refractivity (Wildman–Crippen MR) is 131 cm³/mol. The Bertz CT molecular complexity index is 1540. The Labute approximate surface area is 202 Å². The first kappa shape index (κ1) is 24.3. The molecule has 0 aliphatic rings. The second kappa shape index (κ2) is 9.11. The van der Waals surface area contributed by atoms with Crippen molar-refractivity contribution in [1.29, 1.82) is 0 Å². The van der Waals surface area contributed by atoms with Gasteiger partial charge in [-0.1, -0.05) is 37.3 Å². The molecule has 0 bridgehead atoms. The molecule has 0 atom stereocenters. The zero-order chi connectivity index (χ0) is 25.5. The van der Waals surface area contributed by atoms with Crippen molar-refractivity contribution in [3.05, 3.63) is 95.2 Å². The van der Waals surface area contributed by atoms with Crippen LogP contribution < -0.4 is 0 Å². The van der Waals surface area contributed by atoms with E-state index in [4.69, 9.17) is 0 Å². The first-order valence-corrected chi connectivity index (χ1v) is 12.8. The third kappa shape index (κ3) is 4.25. The Morgan fingerprint density at radius 1 is 0.914 bits per heavy atom. The Balaban J connectivity index is 2.30. The molecule has 0 aliphatic carbocycles. The number of benzene rings is 3. The van der Waals surface area contributed by atoms with Crippen molar-refractivity contribution >= 4 is 15.8 Å². The largest absolute Gasteiger partial charge is 0.478 e. The van der Waals surface area contributed by atoms with Crippen LogP contribution in [-0.2, 0) is 16.3 Å². The van der Waals surface area contributed by atoms with Crippen molar-refractivity contribution in [3.8, 4) is 27.9 Å². The van der Waals surface area contributed by atoms with E-state index < -0.39 is 27.4 Å². The molecule has 0 saturated heterocycles. The minimum absolute atomic E-state index is 0.0922. The lowest BCUT2D eigenvalue weighted by atomic mass is 9.88. The van der Waals surface area contributed by atoms with Crippen molar-refractivity contribution in [3.63, 3.8) is 0 Å². The zero-order valence-electron chi connectivity index (χ0n) is 19.3. The summed E-state index contributed by atoms with van der Waals surface area (Å²) < 4.78 is 56.6. The number of halogens is 2. The first-order chi connectivity index (χ1) is 16.6. The van der Waals surface area contributed by atoms with Crippen LogP contribution in [0.4, 0.5) is 8.78 Å². The van der Waals surface area contributed by atoms with Crippen LogP contribution in [0.15, 0.2) is 71.8 Å². The van der Waals surface area contributed by atoms with Crippen molar-refractivity contribution in [2.24, 2.45) is 0 Å². The highest BCUT2D eigenvalue weighted by Gasteiger charge is 2.32. The van der Waals surface area contributed by atoms with Gasteiger partial charge in [-0.2, -0.15) is 0 Å². The summed E-state index contributed by atoms with van der Waals surface area (Å²) in [7, 11) is -3.91. The second-order valence-corrected chi connectivity index (χ2v) is 10.1. The number of aromatic carboxylic acids is 1. The minimum atomic E-state index is -3.91. The maximum atomic E-state index is 15.0. The number of carboxylic acid groups (broad SMARTS) is 1. The van der Waals surface area contributed by atoms with Crippen molar-refractivity contribution in [2.75, 3.05) is 6.26 Å². The SMILES string of the molecule is CCc1c(F)ccc(C(=O)O)c1-c1c(-c2ccccc2)c(S(C)(=O)=O)n(-c2ccc(F)cc2)c1C. The fourth-order valence-corrected chi connectivity index (χ4v) is 5.69. The molecular weight excluding hydrogens is 472 g/mol. The van der Waals surface area contributed by atoms with Crippen molar-refractivity contribution < 1.29 is 27.1 Å². The van der Waals surface area contributed by atoms with Crippen molar-refractivity contribution in [1.82, 2.24) is 4.57 Å². The molecule has 3 aromatic carbocycles. The van der Waals surface area contributed by atoms with E-state index in [9.17, 15) is 27.1 Å². The third-order valence-corrected chi connectivity index (χ3v) is 7.04. The van der Waals surface area contributed by atoms with Gasteiger partial charge in [0, 0.05) is 34.3 Å². The van der Waals surface area contributed by atoms with E-state index >= 15 is 0 Å². The molecule has 0 spiro atoms. The molecule has 1 N–H and O–H groups in total. The number of hydrogen-bond donors (Lipinski definition) is 1. The highest BCUT2D eigenvalue weighted by Crippen LogP contribution is 2.46. The molecule has 5 nitrogen and oxygen atoms in total. The molecule has 1 heterocycles. The number of aromatic nitrogens is 1. The molecular formula is C27H23F2NO4S. The summed E-state index contributed by atoms with van der Waals surface area (Å²) >= 11 is 0. The zero-order valence-corrected chi connectivity index (χ0v) is 20.2. The molecule has 35 heavy (non-hydrogen) atoms. The van der Waals surface area contributed by atoms with Crippen LogP contribution in [0.1, 0.15) is 28.5 Å². The van der Waals surface area contributed by atoms with Gasteiger partial charge in [0.1, 0.15) is 16.7 Å². The quantitative estimate of drug-likeness (QED) is 0.353. The molecule has 4 rings (SSSR count). The van der Waals surface area contributed by atoms with Gasteiger partial charge in [0.2, 0.25) is 0 Å². The van der Waals surface area contributed by atoms with Gasteiger partial charge >= 0.3 is 5.97 Å². The predicted octanol–water partition coefficient (Wildman–Crippen LogP) is 6.06. The summed E-state index contributed by atoms with van der Waals surface area (Å²) in [6, 6.07) is 16.3. The number of carbonyl (C=O) groups is 1. The molecule has 0 unspecified atom stereocenters. The molecule has 0 radical (unpaired) electrons. The Kier molecular flexibility index (Phi) is 6.34. The maximum absolute atomic E-state index is 15.0. The molecule has 0 saturated carbocycles. The lowest BCUT2D eigenvalue weighted by Gasteiger charge is -2.15. The van der Waals surface area contributed by atoms with Gasteiger partial charge < -0.3 is 9.67 Å². The molecule has 1 aromatic heterocycles. The summed E-state index contributed by atoms with van der Waals surface area (Å²) in [6.07, 6.45) is 1.24. The van der Waals surface area contributed by atoms with Crippen molar-refractivity contribution in [2.45, 2.75) is 25.3 Å². The Hall–Kier alpha value is -3.78. The van der Waals surface area contributed by atoms with E-state index in [2.05, 4.69) is 0 Å². The van der Waals surface area contributed by atoms with Gasteiger partial charge in [0.25, 0.3) is 0 Å². The van der Waals surface area contributed by atoms with Gasteiger partial charge in [-0.05, 0) is 60.9 Å². The second-order valence-electron chi connectivity index (χ2n) is 8.20. The Morgan fingerprint density at radius 3 is 2.09 bits per heavy atom. The maximum Gasteiger partial charge on any atom is 0.336 e. The van der Waals surface area contributed by atoms with Crippen LogP contribution in [0.2, 0.25) is 0 Å². The molecule has 4 aromatic rings. The molecule has 8 heteroatoms. The average molecular weight is 496 g/mol. The number of rotatable bonds is 6. The fourth-order valence-electron chi connectivity index (χ4n) is 4.53. The summed E-state index contributed by atoms with van der Waals surface area (Å²) in [6.45, 7) is 3.36. The van der Waals surface area contributed by atoms with E-state index in [1.165, 1.54) is 34.9 Å². The Morgan fingerprint density at radius 2 is 1.54 bits per heavy atom. The topological polar surface area (TPSA) is 76.4 Å². The summed E-state index contributed by atoms with van der Waals surface area (Å²) in [5.41, 5.74) is 2.00. The van der Waals surface area contributed by atoms with Gasteiger partial charge in [-0.25, -0.2) is 22.0 Å². The van der Waals surface area contributed by atoms with E-state index in [1.54, 1.807) is 44.2 Å². The number of hydrogen-bond acceptors (Lipinski definition) is 3. The van der Waals surface area contributed by atoms with Gasteiger partial charge in [-0.15, -0.1) is 0 Å². The van der Waals surface area contributed by atoms with Gasteiger partial charge in [0.15, 0.2) is 9.84 Å². The monoisotopic (exact) mass is 495 g/mol. The van der Waals surface area contributed by atoms with Crippen LogP contribution in [-0.4, -0.2) is 30.3 Å². The smallest absolute Gasteiger partial charge is 0.336 e. The molecule has 180 valence electrons. The summed E-state index contributed by atoms with van der Waals surface area (Å²) in [5.74, 6) is -2.33. The van der Waals surface area contributed by atoms with Crippen LogP contribution in [0.25, 0.3) is 27.9 Å². The van der Waals surface area contributed by atoms with E-state index in [0.29, 0.717) is 22.5 Å². The lowest BCUT2D eigenvalue weighted by Crippen LogP contribution is -2.08. The van der Waals surface area contributed by atoms with Gasteiger partial charge in [-0.3, -0.25) is 0 Å². The van der Waals surface area contributed by atoms with E-state index in [-0.39, 0.29) is 33.7 Å².